The van der Waals surface area contributed by atoms with E-state index in [-0.39, 0.29) is 4.90 Å². The van der Waals surface area contributed by atoms with Crippen LogP contribution >= 0.6 is 11.6 Å². The van der Waals surface area contributed by atoms with Gasteiger partial charge < -0.3 is 9.64 Å². The van der Waals surface area contributed by atoms with Gasteiger partial charge >= 0.3 is 0 Å². The van der Waals surface area contributed by atoms with E-state index >= 15 is 0 Å². The summed E-state index contributed by atoms with van der Waals surface area (Å²) >= 11 is 6.13. The average Bonchev–Trinajstić information content (AvgIpc) is 2.76. The summed E-state index contributed by atoms with van der Waals surface area (Å²) < 4.78 is 33.4. The highest BCUT2D eigenvalue weighted by Crippen LogP contribution is 2.26. The van der Waals surface area contributed by atoms with Gasteiger partial charge in [-0.1, -0.05) is 35.9 Å². The van der Waals surface area contributed by atoms with E-state index < -0.39 is 10.0 Å². The maximum Gasteiger partial charge on any atom is 0.243 e. The molecule has 0 amide bonds. The van der Waals surface area contributed by atoms with Gasteiger partial charge in [-0.2, -0.15) is 9.29 Å². The van der Waals surface area contributed by atoms with Crippen molar-refractivity contribution in [3.8, 4) is 11.6 Å². The Balaban J connectivity index is 1.48. The molecule has 0 spiro atoms. The molecule has 2 aromatic carbocycles. The standard InChI is InChI=1S/C22H23ClN4O3S/c1-16-8-9-19(14-20(16)23)31(28,29)27-12-10-26(11-13-27)21-15-22(25-17(2)24-21)30-18-6-4-3-5-7-18/h3-9,14-15H,10-13H2,1-2H3. The summed E-state index contributed by atoms with van der Waals surface area (Å²) in [4.78, 5) is 11.1. The summed E-state index contributed by atoms with van der Waals surface area (Å²) in [6, 6.07) is 16.0. The van der Waals surface area contributed by atoms with Crippen molar-refractivity contribution >= 4 is 27.4 Å². The van der Waals surface area contributed by atoms with Gasteiger partial charge in [0.05, 0.1) is 4.90 Å². The van der Waals surface area contributed by atoms with Gasteiger partial charge in [-0.15, -0.1) is 0 Å². The van der Waals surface area contributed by atoms with E-state index in [9.17, 15) is 8.42 Å². The number of hydrogen-bond donors (Lipinski definition) is 0. The lowest BCUT2D eigenvalue weighted by Gasteiger charge is -2.34. The Morgan fingerprint density at radius 1 is 0.935 bits per heavy atom. The number of sulfonamides is 1. The van der Waals surface area contributed by atoms with Crippen molar-refractivity contribution in [3.63, 3.8) is 0 Å². The molecule has 1 saturated heterocycles. The Kier molecular flexibility index (Phi) is 6.13. The maximum absolute atomic E-state index is 13.0. The minimum absolute atomic E-state index is 0.216. The number of aromatic nitrogens is 2. The monoisotopic (exact) mass is 458 g/mol. The molecule has 0 bridgehead atoms. The first-order valence-corrected chi connectivity index (χ1v) is 11.7. The molecule has 0 atom stereocenters. The molecule has 1 aliphatic heterocycles. The van der Waals surface area contributed by atoms with Crippen molar-refractivity contribution < 1.29 is 13.2 Å². The van der Waals surface area contributed by atoms with Crippen LogP contribution in [0.15, 0.2) is 59.5 Å². The van der Waals surface area contributed by atoms with Crippen LogP contribution in [0.5, 0.6) is 11.6 Å². The molecule has 0 radical (unpaired) electrons. The molecule has 1 fully saturated rings. The summed E-state index contributed by atoms with van der Waals surface area (Å²) in [7, 11) is -3.60. The lowest BCUT2D eigenvalue weighted by Crippen LogP contribution is -2.49. The highest BCUT2D eigenvalue weighted by atomic mass is 35.5. The maximum atomic E-state index is 13.0. The zero-order chi connectivity index (χ0) is 22.0. The summed E-state index contributed by atoms with van der Waals surface area (Å²) in [5.41, 5.74) is 0.845. The van der Waals surface area contributed by atoms with Crippen molar-refractivity contribution in [2.45, 2.75) is 18.7 Å². The third kappa shape index (κ3) is 4.81. The number of benzene rings is 2. The second-order valence-corrected chi connectivity index (χ2v) is 9.67. The number of aryl methyl sites for hydroxylation is 2. The van der Waals surface area contributed by atoms with Gasteiger partial charge in [0.25, 0.3) is 0 Å². The first kappa shape index (κ1) is 21.5. The number of hydrogen-bond acceptors (Lipinski definition) is 6. The predicted molar refractivity (Wildman–Crippen MR) is 120 cm³/mol. The molecule has 1 aliphatic rings. The van der Waals surface area contributed by atoms with Crippen LogP contribution in [0.4, 0.5) is 5.82 Å². The summed E-state index contributed by atoms with van der Waals surface area (Å²) in [6.45, 7) is 5.39. The lowest BCUT2D eigenvalue weighted by molar-refractivity contribution is 0.383. The van der Waals surface area contributed by atoms with E-state index in [4.69, 9.17) is 16.3 Å². The molecule has 31 heavy (non-hydrogen) atoms. The van der Waals surface area contributed by atoms with Gasteiger partial charge in [-0.25, -0.2) is 13.4 Å². The molecule has 0 saturated carbocycles. The molecular weight excluding hydrogens is 436 g/mol. The van der Waals surface area contributed by atoms with Gasteiger partial charge in [0.15, 0.2) is 0 Å². The van der Waals surface area contributed by atoms with Crippen LogP contribution in [0.3, 0.4) is 0 Å². The Bertz CT molecular complexity index is 1180. The number of anilines is 1. The Labute approximate surface area is 187 Å². The number of piperazine rings is 1. The molecule has 3 aromatic rings. The first-order valence-electron chi connectivity index (χ1n) is 9.93. The van der Waals surface area contributed by atoms with E-state index in [2.05, 4.69) is 9.97 Å². The number of nitrogens with zero attached hydrogens (tertiary/aromatic N) is 4. The Morgan fingerprint density at radius 3 is 2.32 bits per heavy atom. The molecule has 0 aliphatic carbocycles. The van der Waals surface area contributed by atoms with E-state index in [0.717, 1.165) is 5.56 Å². The van der Waals surface area contributed by atoms with Crippen LogP contribution in [0, 0.1) is 13.8 Å². The fourth-order valence-electron chi connectivity index (χ4n) is 3.39. The summed E-state index contributed by atoms with van der Waals surface area (Å²) in [5.74, 6) is 2.46. The largest absolute Gasteiger partial charge is 0.439 e. The van der Waals surface area contributed by atoms with Crippen LogP contribution in [-0.2, 0) is 10.0 Å². The van der Waals surface area contributed by atoms with E-state index in [0.29, 0.717) is 54.5 Å². The molecular formula is C22H23ClN4O3S. The molecule has 9 heteroatoms. The van der Waals surface area contributed by atoms with Gasteiger partial charge in [0, 0.05) is 37.3 Å². The minimum Gasteiger partial charge on any atom is -0.439 e. The van der Waals surface area contributed by atoms with E-state index in [1.165, 1.54) is 10.4 Å². The fourth-order valence-corrected chi connectivity index (χ4v) is 5.08. The highest BCUT2D eigenvalue weighted by Gasteiger charge is 2.29. The summed E-state index contributed by atoms with van der Waals surface area (Å²) in [6.07, 6.45) is 0. The molecule has 2 heterocycles. The van der Waals surface area contributed by atoms with Crippen molar-refractivity contribution in [2.75, 3.05) is 31.1 Å². The summed E-state index contributed by atoms with van der Waals surface area (Å²) in [5, 5.41) is 0.446. The third-order valence-corrected chi connectivity index (χ3v) is 7.41. The van der Waals surface area contributed by atoms with Crippen LogP contribution in [0.2, 0.25) is 5.02 Å². The number of halogens is 1. The van der Waals surface area contributed by atoms with Crippen LogP contribution in [-0.4, -0.2) is 48.9 Å². The van der Waals surface area contributed by atoms with E-state index in [1.807, 2.05) is 49.1 Å². The Hall–Kier alpha value is -2.68. The minimum atomic E-state index is -3.60. The molecule has 0 N–H and O–H groups in total. The highest BCUT2D eigenvalue weighted by molar-refractivity contribution is 7.89. The van der Waals surface area contributed by atoms with Gasteiger partial charge in [0.2, 0.25) is 15.9 Å². The molecule has 7 nitrogen and oxygen atoms in total. The third-order valence-electron chi connectivity index (χ3n) is 5.11. The molecule has 162 valence electrons. The van der Waals surface area contributed by atoms with Crippen LogP contribution < -0.4 is 9.64 Å². The quantitative estimate of drug-likeness (QED) is 0.574. The van der Waals surface area contributed by atoms with Crippen molar-refractivity contribution in [1.29, 1.82) is 0 Å². The van der Waals surface area contributed by atoms with Crippen molar-refractivity contribution in [1.82, 2.24) is 14.3 Å². The van der Waals surface area contributed by atoms with Crippen molar-refractivity contribution in [3.05, 3.63) is 71.0 Å². The van der Waals surface area contributed by atoms with E-state index in [1.54, 1.807) is 18.2 Å². The molecule has 1 aromatic heterocycles. The predicted octanol–water partition coefficient (Wildman–Crippen LogP) is 4.05. The van der Waals surface area contributed by atoms with Crippen molar-refractivity contribution in [2.24, 2.45) is 0 Å². The molecule has 0 unspecified atom stereocenters. The second kappa shape index (κ2) is 8.82. The smallest absolute Gasteiger partial charge is 0.243 e. The SMILES string of the molecule is Cc1nc(Oc2ccccc2)cc(N2CCN(S(=O)(=O)c3ccc(C)c(Cl)c3)CC2)n1. The van der Waals surface area contributed by atoms with Crippen LogP contribution in [0.25, 0.3) is 0 Å². The average molecular weight is 459 g/mol. The normalized spacial score (nSPS) is 15.1. The van der Waals surface area contributed by atoms with Gasteiger partial charge in [-0.3, -0.25) is 0 Å². The van der Waals surface area contributed by atoms with Gasteiger partial charge in [0.1, 0.15) is 17.4 Å². The molecule has 4 rings (SSSR count). The number of para-hydroxylation sites is 1. The number of rotatable bonds is 5. The topological polar surface area (TPSA) is 75.6 Å². The fraction of sp³-hybridized carbons (Fsp3) is 0.273. The second-order valence-electron chi connectivity index (χ2n) is 7.33. The van der Waals surface area contributed by atoms with Gasteiger partial charge in [-0.05, 0) is 43.7 Å². The zero-order valence-electron chi connectivity index (χ0n) is 17.3. The zero-order valence-corrected chi connectivity index (χ0v) is 18.9. The number of ether oxygens (including phenoxy) is 1. The first-order chi connectivity index (χ1) is 14.8. The lowest BCUT2D eigenvalue weighted by atomic mass is 10.2. The Morgan fingerprint density at radius 2 is 1.65 bits per heavy atom. The van der Waals surface area contributed by atoms with Crippen LogP contribution in [0.1, 0.15) is 11.4 Å².